The molecule has 2 rings (SSSR count). The lowest BCUT2D eigenvalue weighted by atomic mass is 10.3. The summed E-state index contributed by atoms with van der Waals surface area (Å²) in [4.78, 5) is 0. The van der Waals surface area contributed by atoms with Gasteiger partial charge in [0.15, 0.2) is 11.6 Å². The van der Waals surface area contributed by atoms with Crippen LogP contribution in [-0.2, 0) is 16.6 Å². The van der Waals surface area contributed by atoms with Crippen LogP contribution in [0.3, 0.4) is 0 Å². The summed E-state index contributed by atoms with van der Waals surface area (Å²) in [6.07, 6.45) is 0. The maximum absolute atomic E-state index is 13.4. The Labute approximate surface area is 112 Å². The molecule has 0 amide bonds. The predicted octanol–water partition coefficient (Wildman–Crippen LogP) is 1.96. The smallest absolute Gasteiger partial charge is 0.295 e. The summed E-state index contributed by atoms with van der Waals surface area (Å²) >= 11 is 0. The molecule has 0 atom stereocenters. The van der Waals surface area contributed by atoms with Crippen LogP contribution in [0, 0.1) is 17.5 Å². The van der Waals surface area contributed by atoms with Crippen LogP contribution in [0.5, 0.6) is 0 Å². The van der Waals surface area contributed by atoms with Gasteiger partial charge >= 0.3 is 0 Å². The fraction of sp³-hybridized carbons (Fsp3) is 0.0909. The maximum atomic E-state index is 13.4. The van der Waals surface area contributed by atoms with Crippen LogP contribution >= 0.6 is 0 Å². The predicted molar refractivity (Wildman–Crippen MR) is 63.7 cm³/mol. The molecule has 1 aromatic carbocycles. The van der Waals surface area contributed by atoms with Crippen LogP contribution in [0.2, 0.25) is 0 Å². The summed E-state index contributed by atoms with van der Waals surface area (Å²) in [5.41, 5.74) is 4.40. The summed E-state index contributed by atoms with van der Waals surface area (Å²) in [5.74, 6) is -3.95. The Morgan fingerprint density at radius 1 is 1.20 bits per heavy atom. The molecular weight excluding hydrogens is 297 g/mol. The number of nitrogens with one attached hydrogen (secondary N) is 1. The molecule has 20 heavy (non-hydrogen) atoms. The Bertz CT molecular complexity index is 743. The van der Waals surface area contributed by atoms with E-state index in [1.165, 1.54) is 6.07 Å². The fourth-order valence-electron chi connectivity index (χ4n) is 1.44. The normalized spacial score (nSPS) is 11.6. The molecular formula is C11H9F3N2O3S. The molecule has 2 aromatic rings. The third-order valence-corrected chi connectivity index (χ3v) is 3.58. The van der Waals surface area contributed by atoms with Crippen molar-refractivity contribution >= 4 is 15.7 Å². The number of hydrogen-bond donors (Lipinski definition) is 2. The first-order chi connectivity index (χ1) is 9.33. The van der Waals surface area contributed by atoms with E-state index in [9.17, 15) is 21.6 Å². The first kappa shape index (κ1) is 14.4. The summed E-state index contributed by atoms with van der Waals surface area (Å²) < 4.78 is 69.6. The summed E-state index contributed by atoms with van der Waals surface area (Å²) in [5, 5.41) is -0.540. The van der Waals surface area contributed by atoms with Gasteiger partial charge in [0.25, 0.3) is 10.0 Å². The Hall–Kier alpha value is -2.00. The topological polar surface area (TPSA) is 85.3 Å². The molecule has 3 N–H and O–H groups in total. The largest absolute Gasteiger partial charge is 0.446 e. The molecule has 0 saturated carbocycles. The van der Waals surface area contributed by atoms with Gasteiger partial charge in [-0.25, -0.2) is 13.2 Å². The van der Waals surface area contributed by atoms with Crippen LogP contribution in [0.15, 0.2) is 33.8 Å². The van der Waals surface area contributed by atoms with Crippen molar-refractivity contribution in [1.82, 2.24) is 0 Å². The fourth-order valence-corrected chi connectivity index (χ4v) is 2.44. The SMILES string of the molecule is NCc1ccc(S(=O)(=O)Nc2cc(F)cc(F)c2F)o1. The highest BCUT2D eigenvalue weighted by Crippen LogP contribution is 2.23. The number of anilines is 1. The molecule has 1 heterocycles. The number of hydrogen-bond acceptors (Lipinski definition) is 4. The van der Waals surface area contributed by atoms with Crippen molar-refractivity contribution in [2.24, 2.45) is 5.73 Å². The monoisotopic (exact) mass is 306 g/mol. The second-order valence-corrected chi connectivity index (χ2v) is 5.39. The minimum atomic E-state index is -4.30. The van der Waals surface area contributed by atoms with Gasteiger partial charge in [-0.05, 0) is 12.1 Å². The lowest BCUT2D eigenvalue weighted by Gasteiger charge is -2.07. The molecule has 0 aliphatic carbocycles. The van der Waals surface area contributed by atoms with E-state index in [1.807, 2.05) is 0 Å². The van der Waals surface area contributed by atoms with Gasteiger partial charge in [-0.15, -0.1) is 0 Å². The zero-order valence-electron chi connectivity index (χ0n) is 9.86. The Morgan fingerprint density at radius 3 is 2.50 bits per heavy atom. The Balaban J connectivity index is 2.38. The number of halogens is 3. The lowest BCUT2D eigenvalue weighted by Crippen LogP contribution is -2.14. The van der Waals surface area contributed by atoms with Crippen molar-refractivity contribution in [3.8, 4) is 0 Å². The third-order valence-electron chi connectivity index (χ3n) is 2.34. The van der Waals surface area contributed by atoms with Gasteiger partial charge in [-0.2, -0.15) is 8.42 Å². The second-order valence-electron chi connectivity index (χ2n) is 3.78. The molecule has 0 unspecified atom stereocenters. The van der Waals surface area contributed by atoms with E-state index in [-0.39, 0.29) is 12.3 Å². The van der Waals surface area contributed by atoms with Crippen LogP contribution in [0.25, 0.3) is 0 Å². The van der Waals surface area contributed by atoms with Crippen LogP contribution in [0.4, 0.5) is 18.9 Å². The number of nitrogens with two attached hydrogens (primary N) is 1. The van der Waals surface area contributed by atoms with Crippen molar-refractivity contribution in [3.05, 3.63) is 47.5 Å². The molecule has 9 heteroatoms. The zero-order chi connectivity index (χ0) is 14.9. The first-order valence-corrected chi connectivity index (χ1v) is 6.78. The third kappa shape index (κ3) is 2.78. The van der Waals surface area contributed by atoms with Crippen molar-refractivity contribution in [3.63, 3.8) is 0 Å². The molecule has 0 radical (unpaired) electrons. The van der Waals surface area contributed by atoms with Crippen LogP contribution < -0.4 is 10.5 Å². The molecule has 0 aliphatic rings. The van der Waals surface area contributed by atoms with Gasteiger partial charge in [0.2, 0.25) is 5.09 Å². The highest BCUT2D eigenvalue weighted by atomic mass is 32.2. The summed E-state index contributed by atoms with van der Waals surface area (Å²) in [7, 11) is -4.30. The van der Waals surface area contributed by atoms with E-state index in [1.54, 1.807) is 4.72 Å². The molecule has 0 aliphatic heterocycles. The van der Waals surface area contributed by atoms with Crippen molar-refractivity contribution in [2.75, 3.05) is 4.72 Å². The number of sulfonamides is 1. The highest BCUT2D eigenvalue weighted by molar-refractivity contribution is 7.92. The van der Waals surface area contributed by atoms with Gasteiger partial charge in [-0.3, -0.25) is 4.72 Å². The average Bonchev–Trinajstić information content (AvgIpc) is 2.84. The minimum Gasteiger partial charge on any atom is -0.446 e. The lowest BCUT2D eigenvalue weighted by molar-refractivity contribution is 0.417. The van der Waals surface area contributed by atoms with E-state index < -0.39 is 38.3 Å². The van der Waals surface area contributed by atoms with Gasteiger partial charge in [0, 0.05) is 12.1 Å². The van der Waals surface area contributed by atoms with Crippen molar-refractivity contribution < 1.29 is 26.0 Å². The number of furan rings is 1. The highest BCUT2D eigenvalue weighted by Gasteiger charge is 2.22. The molecule has 108 valence electrons. The van der Waals surface area contributed by atoms with Crippen molar-refractivity contribution in [2.45, 2.75) is 11.6 Å². The van der Waals surface area contributed by atoms with Gasteiger partial charge in [-0.1, -0.05) is 0 Å². The van der Waals surface area contributed by atoms with E-state index in [0.29, 0.717) is 12.1 Å². The van der Waals surface area contributed by atoms with Gasteiger partial charge in [0.05, 0.1) is 12.2 Å². The Morgan fingerprint density at radius 2 is 1.90 bits per heavy atom. The Kier molecular flexibility index (Phi) is 3.73. The molecule has 5 nitrogen and oxygen atoms in total. The molecule has 0 saturated heterocycles. The molecule has 1 aromatic heterocycles. The van der Waals surface area contributed by atoms with E-state index in [2.05, 4.69) is 0 Å². The van der Waals surface area contributed by atoms with Crippen LogP contribution in [0.1, 0.15) is 5.76 Å². The minimum absolute atomic E-state index is 0.0293. The van der Waals surface area contributed by atoms with E-state index >= 15 is 0 Å². The number of rotatable bonds is 4. The first-order valence-electron chi connectivity index (χ1n) is 5.29. The summed E-state index contributed by atoms with van der Waals surface area (Å²) in [6.45, 7) is -0.0293. The van der Waals surface area contributed by atoms with Gasteiger partial charge in [0.1, 0.15) is 11.6 Å². The van der Waals surface area contributed by atoms with Crippen LogP contribution in [-0.4, -0.2) is 8.42 Å². The summed E-state index contributed by atoms with van der Waals surface area (Å²) in [6, 6.07) is 3.23. The molecule has 0 spiro atoms. The maximum Gasteiger partial charge on any atom is 0.295 e. The van der Waals surface area contributed by atoms with Gasteiger partial charge < -0.3 is 10.2 Å². The molecule has 0 fully saturated rings. The standard InChI is InChI=1S/C11H9F3N2O3S/c12-6-3-8(13)11(14)9(4-6)16-20(17,18)10-2-1-7(5-15)19-10/h1-4,16H,5,15H2. The quantitative estimate of drug-likeness (QED) is 0.846. The average molecular weight is 306 g/mol. The zero-order valence-corrected chi connectivity index (χ0v) is 10.7. The molecule has 0 bridgehead atoms. The number of benzene rings is 1. The van der Waals surface area contributed by atoms with E-state index in [4.69, 9.17) is 10.2 Å². The second kappa shape index (κ2) is 5.17. The van der Waals surface area contributed by atoms with Crippen molar-refractivity contribution in [1.29, 1.82) is 0 Å². The van der Waals surface area contributed by atoms with E-state index in [0.717, 1.165) is 6.07 Å².